The molecular formula is C28H35NO. The van der Waals surface area contributed by atoms with Crippen LogP contribution in [0.3, 0.4) is 0 Å². The Hall–Kier alpha value is -2.35. The highest BCUT2D eigenvalue weighted by molar-refractivity contribution is 5.86. The van der Waals surface area contributed by atoms with Gasteiger partial charge in [0.15, 0.2) is 0 Å². The third-order valence-corrected chi connectivity index (χ3v) is 6.55. The number of pyridine rings is 1. The Morgan fingerprint density at radius 1 is 0.933 bits per heavy atom. The highest BCUT2D eigenvalue weighted by Gasteiger charge is 2.13. The van der Waals surface area contributed by atoms with Crippen LogP contribution < -0.4 is 4.74 Å². The van der Waals surface area contributed by atoms with Gasteiger partial charge in [0.25, 0.3) is 0 Å². The predicted molar refractivity (Wildman–Crippen MR) is 126 cm³/mol. The molecule has 0 spiro atoms. The Morgan fingerprint density at radius 3 is 2.53 bits per heavy atom. The molecule has 1 aliphatic rings. The van der Waals surface area contributed by atoms with Crippen molar-refractivity contribution in [1.29, 1.82) is 0 Å². The molecule has 1 saturated carbocycles. The number of hydrogen-bond acceptors (Lipinski definition) is 2. The molecule has 30 heavy (non-hydrogen) atoms. The van der Waals surface area contributed by atoms with Crippen LogP contribution in [0.15, 0.2) is 54.7 Å². The largest absolute Gasteiger partial charge is 0.494 e. The first-order chi connectivity index (χ1) is 14.8. The van der Waals surface area contributed by atoms with Gasteiger partial charge in [-0.1, -0.05) is 75.8 Å². The number of hydrogen-bond donors (Lipinski definition) is 0. The molecule has 0 saturated heterocycles. The number of aromatic nitrogens is 1. The molecule has 0 atom stereocenters. The predicted octanol–water partition coefficient (Wildman–Crippen LogP) is 7.52. The van der Waals surface area contributed by atoms with Crippen molar-refractivity contribution < 1.29 is 4.74 Å². The highest BCUT2D eigenvalue weighted by Crippen LogP contribution is 2.28. The Bertz CT molecular complexity index is 925. The van der Waals surface area contributed by atoms with E-state index in [-0.39, 0.29) is 0 Å². The number of aryl methyl sites for hydroxylation is 1. The van der Waals surface area contributed by atoms with Crippen LogP contribution in [0.4, 0.5) is 0 Å². The van der Waals surface area contributed by atoms with Crippen LogP contribution in [-0.2, 0) is 12.8 Å². The summed E-state index contributed by atoms with van der Waals surface area (Å²) >= 11 is 0. The monoisotopic (exact) mass is 401 g/mol. The number of benzene rings is 2. The minimum absolute atomic E-state index is 0.824. The Labute approximate surface area is 181 Å². The lowest BCUT2D eigenvalue weighted by Gasteiger charge is -2.21. The molecule has 2 aromatic carbocycles. The maximum atomic E-state index is 6.15. The molecule has 158 valence electrons. The van der Waals surface area contributed by atoms with Gasteiger partial charge in [-0.3, -0.25) is 4.98 Å². The van der Waals surface area contributed by atoms with Crippen LogP contribution in [0.2, 0.25) is 0 Å². The van der Waals surface area contributed by atoms with Crippen molar-refractivity contribution in [2.75, 3.05) is 6.61 Å². The highest BCUT2D eigenvalue weighted by atomic mass is 16.5. The zero-order valence-corrected chi connectivity index (χ0v) is 18.4. The fraction of sp³-hybridized carbons (Fsp3) is 0.464. The van der Waals surface area contributed by atoms with Gasteiger partial charge in [-0.15, -0.1) is 0 Å². The smallest absolute Gasteiger partial charge is 0.119 e. The van der Waals surface area contributed by atoms with Crippen molar-refractivity contribution in [2.45, 2.75) is 71.1 Å². The van der Waals surface area contributed by atoms with Gasteiger partial charge in [-0.25, -0.2) is 0 Å². The Balaban J connectivity index is 1.43. The van der Waals surface area contributed by atoms with E-state index in [4.69, 9.17) is 9.72 Å². The van der Waals surface area contributed by atoms with E-state index in [2.05, 4.69) is 55.5 Å². The molecule has 0 amide bonds. The molecule has 1 aliphatic carbocycles. The number of fused-ring (bicyclic) bond motifs is 1. The zero-order valence-electron chi connectivity index (χ0n) is 18.4. The number of unbranched alkanes of at least 4 members (excludes halogenated alkanes) is 1. The van der Waals surface area contributed by atoms with E-state index in [0.29, 0.717) is 0 Å². The molecule has 0 aliphatic heterocycles. The molecule has 0 unspecified atom stereocenters. The standard InChI is InChI=1S/C28H35NO/c1-2-3-7-23-10-12-24(13-11-23)20-28-27-21-26(15-14-25(27)16-18-29-28)30-19-17-22-8-5-4-6-9-22/h10-16,18,21-22H,2-9,17,19-20H2,1H3. The summed E-state index contributed by atoms with van der Waals surface area (Å²) < 4.78 is 6.15. The summed E-state index contributed by atoms with van der Waals surface area (Å²) in [5.74, 6) is 1.83. The lowest BCUT2D eigenvalue weighted by molar-refractivity contribution is 0.246. The van der Waals surface area contributed by atoms with E-state index in [1.807, 2.05) is 6.20 Å². The van der Waals surface area contributed by atoms with E-state index in [9.17, 15) is 0 Å². The lowest BCUT2D eigenvalue weighted by Crippen LogP contribution is -2.10. The second-order valence-electron chi connectivity index (χ2n) is 8.88. The summed E-state index contributed by atoms with van der Waals surface area (Å²) in [6, 6.07) is 17.6. The second-order valence-corrected chi connectivity index (χ2v) is 8.88. The van der Waals surface area contributed by atoms with Crippen molar-refractivity contribution in [3.63, 3.8) is 0 Å². The van der Waals surface area contributed by atoms with Crippen molar-refractivity contribution >= 4 is 10.8 Å². The molecule has 2 nitrogen and oxygen atoms in total. The SMILES string of the molecule is CCCCc1ccc(Cc2nccc3ccc(OCCC4CCCCC4)cc23)cc1. The first-order valence-electron chi connectivity index (χ1n) is 11.9. The van der Waals surface area contributed by atoms with E-state index in [1.54, 1.807) is 0 Å². The van der Waals surface area contributed by atoms with Crippen molar-refractivity contribution in [2.24, 2.45) is 5.92 Å². The van der Waals surface area contributed by atoms with Crippen molar-refractivity contribution in [3.8, 4) is 5.75 Å². The number of rotatable bonds is 9. The number of ether oxygens (including phenoxy) is 1. The summed E-state index contributed by atoms with van der Waals surface area (Å²) in [5.41, 5.74) is 3.88. The van der Waals surface area contributed by atoms with Crippen LogP contribution in [0.5, 0.6) is 5.75 Å². The van der Waals surface area contributed by atoms with Crippen LogP contribution in [0.25, 0.3) is 10.8 Å². The maximum absolute atomic E-state index is 6.15. The molecule has 1 aromatic heterocycles. The second kappa shape index (κ2) is 10.6. The summed E-state index contributed by atoms with van der Waals surface area (Å²) in [4.78, 5) is 4.71. The fourth-order valence-corrected chi connectivity index (χ4v) is 4.66. The third kappa shape index (κ3) is 5.62. The normalized spacial score (nSPS) is 14.8. The molecule has 3 aromatic rings. The van der Waals surface area contributed by atoms with Gasteiger partial charge in [-0.05, 0) is 59.9 Å². The first kappa shape index (κ1) is 20.9. The quantitative estimate of drug-likeness (QED) is 0.370. The third-order valence-electron chi connectivity index (χ3n) is 6.55. The van der Waals surface area contributed by atoms with E-state index >= 15 is 0 Å². The molecule has 1 fully saturated rings. The lowest BCUT2D eigenvalue weighted by atomic mass is 9.87. The fourth-order valence-electron chi connectivity index (χ4n) is 4.66. The molecular weight excluding hydrogens is 366 g/mol. The summed E-state index contributed by atoms with van der Waals surface area (Å²) in [6.45, 7) is 3.07. The van der Waals surface area contributed by atoms with E-state index < -0.39 is 0 Å². The molecule has 1 heterocycles. The van der Waals surface area contributed by atoms with Crippen LogP contribution in [-0.4, -0.2) is 11.6 Å². The molecule has 2 heteroatoms. The van der Waals surface area contributed by atoms with Crippen LogP contribution in [0, 0.1) is 5.92 Å². The van der Waals surface area contributed by atoms with Gasteiger partial charge in [-0.2, -0.15) is 0 Å². The van der Waals surface area contributed by atoms with Crippen molar-refractivity contribution in [3.05, 3.63) is 71.5 Å². The minimum atomic E-state index is 0.824. The summed E-state index contributed by atoms with van der Waals surface area (Å²) in [6.07, 6.45) is 14.6. The van der Waals surface area contributed by atoms with E-state index in [0.717, 1.165) is 30.4 Å². The number of nitrogens with zero attached hydrogens (tertiary/aromatic N) is 1. The minimum Gasteiger partial charge on any atom is -0.494 e. The van der Waals surface area contributed by atoms with Gasteiger partial charge in [0.1, 0.15) is 5.75 Å². The van der Waals surface area contributed by atoms with Gasteiger partial charge in [0, 0.05) is 18.0 Å². The molecule has 0 N–H and O–H groups in total. The van der Waals surface area contributed by atoms with Gasteiger partial charge in [0.05, 0.1) is 12.3 Å². The van der Waals surface area contributed by atoms with Crippen molar-refractivity contribution in [1.82, 2.24) is 4.98 Å². The average molecular weight is 402 g/mol. The first-order valence-corrected chi connectivity index (χ1v) is 11.9. The van der Waals surface area contributed by atoms with Crippen LogP contribution in [0.1, 0.15) is 75.1 Å². The molecule has 0 radical (unpaired) electrons. The Kier molecular flexibility index (Phi) is 7.39. The zero-order chi connectivity index (χ0) is 20.6. The van der Waals surface area contributed by atoms with Crippen LogP contribution >= 0.6 is 0 Å². The maximum Gasteiger partial charge on any atom is 0.119 e. The molecule has 0 bridgehead atoms. The average Bonchev–Trinajstić information content (AvgIpc) is 2.80. The molecule has 4 rings (SSSR count). The Morgan fingerprint density at radius 2 is 1.73 bits per heavy atom. The van der Waals surface area contributed by atoms with Gasteiger partial charge < -0.3 is 4.74 Å². The van der Waals surface area contributed by atoms with E-state index in [1.165, 1.54) is 79.7 Å². The van der Waals surface area contributed by atoms with Gasteiger partial charge in [0.2, 0.25) is 0 Å². The topological polar surface area (TPSA) is 22.1 Å². The summed E-state index contributed by atoms with van der Waals surface area (Å²) in [7, 11) is 0. The van der Waals surface area contributed by atoms with Gasteiger partial charge >= 0.3 is 0 Å². The summed E-state index contributed by atoms with van der Waals surface area (Å²) in [5, 5.41) is 2.45.